The Morgan fingerprint density at radius 2 is 1.98 bits per heavy atom. The molecule has 0 saturated carbocycles. The number of fused-ring (bicyclic) bond motifs is 1. The van der Waals surface area contributed by atoms with Gasteiger partial charge in [0.1, 0.15) is 24.1 Å². The van der Waals surface area contributed by atoms with Crippen molar-refractivity contribution in [2.24, 2.45) is 0 Å². The molecule has 1 fully saturated rings. The van der Waals surface area contributed by atoms with Crippen molar-refractivity contribution in [2.75, 3.05) is 6.61 Å². The number of rotatable bonds is 10. The zero-order chi connectivity index (χ0) is 31.0. The van der Waals surface area contributed by atoms with E-state index in [2.05, 4.69) is 21.0 Å². The van der Waals surface area contributed by atoms with Crippen LogP contribution in [0.15, 0.2) is 56.7 Å². The highest BCUT2D eigenvalue weighted by atomic mass is 79.9. The minimum absolute atomic E-state index is 0.133. The summed E-state index contributed by atoms with van der Waals surface area (Å²) in [7, 11) is -2.89. The third-order valence-corrected chi connectivity index (χ3v) is 8.05. The van der Waals surface area contributed by atoms with Gasteiger partial charge in [-0.2, -0.15) is 0 Å². The van der Waals surface area contributed by atoms with Crippen LogP contribution in [0.2, 0.25) is 0 Å². The molecule has 228 valence electrons. The molecule has 6 atom stereocenters. The first-order valence-corrected chi connectivity index (χ1v) is 14.8. The number of aliphatic hydroxyl groups excluding tert-OH is 1. The van der Waals surface area contributed by atoms with Gasteiger partial charge in [0.05, 0.1) is 10.6 Å². The Morgan fingerprint density at radius 3 is 2.67 bits per heavy atom. The quantitative estimate of drug-likeness (QED) is 0.215. The number of nitrogens with one attached hydrogen (secondary N) is 2. The third-order valence-electron chi connectivity index (χ3n) is 6.40. The lowest BCUT2D eigenvalue weighted by Crippen LogP contribution is -2.48. The number of carbonyl (C=O) groups excluding carboxylic acids is 1. The van der Waals surface area contributed by atoms with Crippen molar-refractivity contribution in [3.8, 4) is 11.5 Å². The largest absolute Gasteiger partial charge is 0.487 e. The number of alkyl halides is 2. The Bertz CT molecular complexity index is 1630. The van der Waals surface area contributed by atoms with Crippen molar-refractivity contribution in [1.29, 1.82) is 0 Å². The van der Waals surface area contributed by atoms with Gasteiger partial charge in [-0.15, -0.1) is 0 Å². The summed E-state index contributed by atoms with van der Waals surface area (Å²) in [6, 6.07) is 8.50. The molecule has 0 spiro atoms. The van der Waals surface area contributed by atoms with Crippen LogP contribution < -0.4 is 25.6 Å². The second kappa shape index (κ2) is 12.3. The lowest BCUT2D eigenvalue weighted by Gasteiger charge is -2.25. The number of aromatic nitrogens is 2. The van der Waals surface area contributed by atoms with Crippen LogP contribution in [0, 0.1) is 0 Å². The van der Waals surface area contributed by atoms with Gasteiger partial charge in [0.2, 0.25) is 0 Å². The van der Waals surface area contributed by atoms with Crippen LogP contribution in [-0.2, 0) is 18.8 Å². The molecule has 1 saturated heterocycles. The average molecular weight is 676 g/mol. The van der Waals surface area contributed by atoms with Gasteiger partial charge in [-0.25, -0.2) is 18.7 Å². The number of esters is 1. The Kier molecular flexibility index (Phi) is 9.28. The molecule has 42 heavy (non-hydrogen) atoms. The number of benzene rings is 2. The van der Waals surface area contributed by atoms with Crippen molar-refractivity contribution >= 4 is 40.9 Å². The number of aliphatic hydroxyl groups is 1. The van der Waals surface area contributed by atoms with Crippen molar-refractivity contribution < 1.29 is 42.0 Å². The highest BCUT2D eigenvalue weighted by Crippen LogP contribution is 2.47. The number of ether oxygens (including phenoxy) is 3. The molecule has 2 aromatic carbocycles. The topological polar surface area (TPSA) is 158 Å². The van der Waals surface area contributed by atoms with Crippen LogP contribution >= 0.6 is 24.1 Å². The van der Waals surface area contributed by atoms with Gasteiger partial charge < -0.3 is 23.8 Å². The number of nitrogens with zero attached hydrogens (tertiary/aromatic N) is 1. The summed E-state index contributed by atoms with van der Waals surface area (Å²) in [6.07, 6.45) is -3.69. The predicted octanol–water partition coefficient (Wildman–Crippen LogP) is 3.51. The van der Waals surface area contributed by atoms with E-state index in [1.165, 1.54) is 19.1 Å². The van der Waals surface area contributed by atoms with Crippen LogP contribution in [0.3, 0.4) is 0 Å². The summed E-state index contributed by atoms with van der Waals surface area (Å²) in [5.74, 6) is -3.30. The fourth-order valence-corrected chi connectivity index (χ4v) is 5.49. The van der Waals surface area contributed by atoms with E-state index in [1.54, 1.807) is 38.1 Å². The molecule has 0 aliphatic carbocycles. The molecular formula is C26H29BrF2N3O9P. The van der Waals surface area contributed by atoms with Crippen molar-refractivity contribution in [3.63, 3.8) is 0 Å². The summed E-state index contributed by atoms with van der Waals surface area (Å²) >= 11 is 2.93. The van der Waals surface area contributed by atoms with Crippen LogP contribution in [-0.4, -0.2) is 57.0 Å². The maximum atomic E-state index is 15.8. The first kappa shape index (κ1) is 31.8. The zero-order valence-electron chi connectivity index (χ0n) is 22.9. The molecule has 3 N–H and O–H groups in total. The molecular weight excluding hydrogens is 647 g/mol. The lowest BCUT2D eigenvalue weighted by molar-refractivity contribution is -0.203. The first-order chi connectivity index (χ1) is 19.6. The van der Waals surface area contributed by atoms with E-state index in [4.69, 9.17) is 18.7 Å². The van der Waals surface area contributed by atoms with Gasteiger partial charge in [-0.05, 0) is 73.3 Å². The number of hydrogen-bond acceptors (Lipinski definition) is 9. The molecule has 2 heterocycles. The molecule has 16 heteroatoms. The third kappa shape index (κ3) is 6.60. The molecule has 1 aromatic heterocycles. The summed E-state index contributed by atoms with van der Waals surface area (Å²) in [4.78, 5) is 37.8. The highest BCUT2D eigenvalue weighted by molar-refractivity contribution is 9.10. The number of H-pyrrole nitrogens is 1. The molecule has 0 bridgehead atoms. The van der Waals surface area contributed by atoms with Crippen molar-refractivity contribution in [1.82, 2.24) is 14.6 Å². The van der Waals surface area contributed by atoms with Crippen LogP contribution in [0.1, 0.15) is 33.9 Å². The summed E-state index contributed by atoms with van der Waals surface area (Å²) in [5.41, 5.74) is -4.64. The standard InChI is InChI=1S/C26H29BrF2N3O9P/c1-13(2)39-21(34)14(3)31-42(37)41-16-8-9-17-15(10-16)6-5-7-19(17)38-12-26(29)22(35)25(4,28)23(40-26)32-11-18(27)20(33)30-24(32)36/h5-11,13-14,22-23,35,42H,12H2,1-4H3,(H,31,37)(H,30,33,36)/t14-,22-,23+,25+,26+/m0/s1. The SMILES string of the molecule is CC(C)OC(=O)[C@H](C)N[PH](=O)Oc1ccc2c(OC[C@@]3(F)O[C@@H](n4cc(Br)c(=O)[nH]c4=O)[C@](C)(F)[C@@H]3O)cccc2c1. The molecule has 12 nitrogen and oxygen atoms in total. The molecule has 1 unspecified atom stereocenters. The van der Waals surface area contributed by atoms with Crippen molar-refractivity contribution in [3.05, 3.63) is 67.9 Å². The predicted molar refractivity (Wildman–Crippen MR) is 151 cm³/mol. The average Bonchev–Trinajstić information content (AvgIpc) is 3.09. The van der Waals surface area contributed by atoms with Gasteiger partial charge in [-0.3, -0.25) is 23.7 Å². The van der Waals surface area contributed by atoms with E-state index in [0.29, 0.717) is 15.3 Å². The molecule has 0 amide bonds. The number of carbonyl (C=O) groups is 1. The van der Waals surface area contributed by atoms with Gasteiger partial charge in [-0.1, -0.05) is 12.1 Å². The molecule has 4 rings (SSSR count). The Balaban J connectivity index is 1.48. The van der Waals surface area contributed by atoms with Gasteiger partial charge in [0, 0.05) is 11.6 Å². The summed E-state index contributed by atoms with van der Waals surface area (Å²) in [5, 5.41) is 14.1. The zero-order valence-corrected chi connectivity index (χ0v) is 25.4. The fourth-order valence-electron chi connectivity index (χ4n) is 4.30. The van der Waals surface area contributed by atoms with E-state index >= 15 is 8.78 Å². The smallest absolute Gasteiger partial charge is 0.330 e. The Labute approximate surface area is 247 Å². The number of aromatic amines is 1. The van der Waals surface area contributed by atoms with E-state index in [9.17, 15) is 24.1 Å². The van der Waals surface area contributed by atoms with E-state index in [-0.39, 0.29) is 22.1 Å². The second-order valence-corrected chi connectivity index (χ2v) is 12.0. The van der Waals surface area contributed by atoms with E-state index < -0.39 is 61.9 Å². The van der Waals surface area contributed by atoms with Gasteiger partial charge in [0.25, 0.3) is 11.4 Å². The van der Waals surface area contributed by atoms with Gasteiger partial charge in [0.15, 0.2) is 18.0 Å². The van der Waals surface area contributed by atoms with E-state index in [0.717, 1.165) is 13.1 Å². The normalized spacial score (nSPS) is 25.4. The molecule has 1 aliphatic rings. The number of halogens is 3. The molecule has 1 aliphatic heterocycles. The monoisotopic (exact) mass is 675 g/mol. The Hall–Kier alpha value is -3.10. The van der Waals surface area contributed by atoms with Crippen molar-refractivity contribution in [2.45, 2.75) is 63.7 Å². The Morgan fingerprint density at radius 1 is 1.26 bits per heavy atom. The minimum Gasteiger partial charge on any atom is -0.487 e. The van der Waals surface area contributed by atoms with Gasteiger partial charge >= 0.3 is 19.8 Å². The first-order valence-electron chi connectivity index (χ1n) is 12.7. The highest BCUT2D eigenvalue weighted by Gasteiger charge is 2.65. The summed E-state index contributed by atoms with van der Waals surface area (Å²) < 4.78 is 65.7. The summed E-state index contributed by atoms with van der Waals surface area (Å²) in [6.45, 7) is 4.79. The van der Waals surface area contributed by atoms with Crippen LogP contribution in [0.25, 0.3) is 10.8 Å². The molecule has 3 aromatic rings. The number of hydrogen-bond donors (Lipinski definition) is 3. The maximum absolute atomic E-state index is 15.8. The molecule has 0 radical (unpaired) electrons. The maximum Gasteiger partial charge on any atom is 0.330 e. The minimum atomic E-state index is -3.08. The fraction of sp³-hybridized carbons (Fsp3) is 0.423. The second-order valence-electron chi connectivity index (χ2n) is 10.1. The van der Waals surface area contributed by atoms with Crippen LogP contribution in [0.5, 0.6) is 11.5 Å². The van der Waals surface area contributed by atoms with Crippen LogP contribution in [0.4, 0.5) is 8.78 Å². The van der Waals surface area contributed by atoms with E-state index in [1.807, 2.05) is 4.98 Å². The lowest BCUT2D eigenvalue weighted by atomic mass is 9.97.